The Bertz CT molecular complexity index is 390. The molecule has 0 aromatic heterocycles. The van der Waals surface area contributed by atoms with Gasteiger partial charge in [0.2, 0.25) is 0 Å². The maximum atomic E-state index is 13.5. The summed E-state index contributed by atoms with van der Waals surface area (Å²) >= 11 is 5.85. The van der Waals surface area contributed by atoms with E-state index in [-0.39, 0.29) is 5.82 Å². The van der Waals surface area contributed by atoms with E-state index in [0.717, 1.165) is 12.8 Å². The van der Waals surface area contributed by atoms with E-state index in [0.29, 0.717) is 22.2 Å². The summed E-state index contributed by atoms with van der Waals surface area (Å²) in [5.74, 6) is -0.228. The summed E-state index contributed by atoms with van der Waals surface area (Å²) in [5.41, 5.74) is 0.891. The van der Waals surface area contributed by atoms with Crippen molar-refractivity contribution in [3.05, 3.63) is 29.0 Å². The minimum absolute atomic E-state index is 0.228. The Hall–Kier alpha value is -0.760. The molecule has 1 N–H and O–H groups in total. The van der Waals surface area contributed by atoms with E-state index in [1.165, 1.54) is 12.5 Å². The van der Waals surface area contributed by atoms with Gasteiger partial charge in [-0.25, -0.2) is 4.39 Å². The van der Waals surface area contributed by atoms with Gasteiger partial charge >= 0.3 is 0 Å². The minimum atomic E-state index is -0.228. The first-order valence-corrected chi connectivity index (χ1v) is 6.06. The standard InChI is InChI=1S/C13H17ClFN/c1-13(2)6-5-10(8-13)16-12-7-9(14)3-4-11(12)15/h3-4,7,10,16H,5-6,8H2,1-2H3. The van der Waals surface area contributed by atoms with Gasteiger partial charge in [-0.3, -0.25) is 0 Å². The first-order valence-electron chi connectivity index (χ1n) is 5.68. The van der Waals surface area contributed by atoms with E-state index in [4.69, 9.17) is 11.6 Å². The van der Waals surface area contributed by atoms with Crippen molar-refractivity contribution in [3.8, 4) is 0 Å². The molecule has 1 aliphatic rings. The Kier molecular flexibility index (Phi) is 3.11. The van der Waals surface area contributed by atoms with E-state index >= 15 is 0 Å². The second-order valence-electron chi connectivity index (χ2n) is 5.37. The fourth-order valence-electron chi connectivity index (χ4n) is 2.39. The van der Waals surface area contributed by atoms with Crippen molar-refractivity contribution in [1.29, 1.82) is 0 Å². The first kappa shape index (κ1) is 11.7. The van der Waals surface area contributed by atoms with Crippen LogP contribution >= 0.6 is 11.6 Å². The maximum absolute atomic E-state index is 13.5. The first-order chi connectivity index (χ1) is 7.46. The number of nitrogens with one attached hydrogen (secondary N) is 1. The summed E-state index contributed by atoms with van der Waals surface area (Å²) in [5, 5.41) is 3.82. The highest BCUT2D eigenvalue weighted by Gasteiger charge is 2.31. The molecule has 16 heavy (non-hydrogen) atoms. The summed E-state index contributed by atoms with van der Waals surface area (Å²) in [6.45, 7) is 4.51. The molecular formula is C13H17ClFN. The molecule has 1 unspecified atom stereocenters. The monoisotopic (exact) mass is 241 g/mol. The van der Waals surface area contributed by atoms with Gasteiger partial charge in [0.1, 0.15) is 5.82 Å². The normalized spacial score (nSPS) is 23.4. The van der Waals surface area contributed by atoms with Gasteiger partial charge in [0.05, 0.1) is 5.69 Å². The van der Waals surface area contributed by atoms with Crippen LogP contribution in [0.1, 0.15) is 33.1 Å². The second-order valence-corrected chi connectivity index (χ2v) is 5.81. The zero-order valence-electron chi connectivity index (χ0n) is 9.69. The van der Waals surface area contributed by atoms with Gasteiger partial charge in [-0.2, -0.15) is 0 Å². The van der Waals surface area contributed by atoms with Crippen LogP contribution in [0.2, 0.25) is 5.02 Å². The number of benzene rings is 1. The van der Waals surface area contributed by atoms with Gasteiger partial charge in [-0.15, -0.1) is 0 Å². The molecule has 1 atom stereocenters. The summed E-state index contributed by atoms with van der Waals surface area (Å²) in [7, 11) is 0. The van der Waals surface area contributed by atoms with Gasteiger partial charge in [-0.1, -0.05) is 25.4 Å². The van der Waals surface area contributed by atoms with Crippen molar-refractivity contribution < 1.29 is 4.39 Å². The SMILES string of the molecule is CC1(C)CCC(Nc2cc(Cl)ccc2F)C1. The molecular weight excluding hydrogens is 225 g/mol. The number of anilines is 1. The van der Waals surface area contributed by atoms with Crippen molar-refractivity contribution in [1.82, 2.24) is 0 Å². The van der Waals surface area contributed by atoms with Crippen LogP contribution in [0.15, 0.2) is 18.2 Å². The highest BCUT2D eigenvalue weighted by atomic mass is 35.5. The summed E-state index contributed by atoms with van der Waals surface area (Å²) < 4.78 is 13.5. The molecule has 1 aromatic carbocycles. The number of hydrogen-bond acceptors (Lipinski definition) is 1. The van der Waals surface area contributed by atoms with Crippen molar-refractivity contribution in [2.45, 2.75) is 39.2 Å². The Labute approximate surface area is 101 Å². The molecule has 88 valence electrons. The molecule has 3 heteroatoms. The second kappa shape index (κ2) is 4.25. The van der Waals surface area contributed by atoms with E-state index in [1.807, 2.05) is 0 Å². The zero-order chi connectivity index (χ0) is 11.8. The fraction of sp³-hybridized carbons (Fsp3) is 0.538. The third kappa shape index (κ3) is 2.67. The van der Waals surface area contributed by atoms with Crippen LogP contribution in [0, 0.1) is 11.2 Å². The van der Waals surface area contributed by atoms with Crippen LogP contribution < -0.4 is 5.32 Å². The lowest BCUT2D eigenvalue weighted by Gasteiger charge is -2.19. The molecule has 0 saturated heterocycles. The number of halogens is 2. The lowest BCUT2D eigenvalue weighted by Crippen LogP contribution is -2.18. The Morgan fingerprint density at radius 3 is 2.81 bits per heavy atom. The van der Waals surface area contributed by atoms with E-state index in [9.17, 15) is 4.39 Å². The Balaban J connectivity index is 2.07. The number of hydrogen-bond donors (Lipinski definition) is 1. The zero-order valence-corrected chi connectivity index (χ0v) is 10.4. The van der Waals surface area contributed by atoms with Crippen molar-refractivity contribution in [3.63, 3.8) is 0 Å². The van der Waals surface area contributed by atoms with Crippen LogP contribution in [-0.4, -0.2) is 6.04 Å². The van der Waals surface area contributed by atoms with Gasteiger partial charge < -0.3 is 5.32 Å². The van der Waals surface area contributed by atoms with E-state index in [1.54, 1.807) is 12.1 Å². The fourth-order valence-corrected chi connectivity index (χ4v) is 2.56. The quantitative estimate of drug-likeness (QED) is 0.806. The summed E-state index contributed by atoms with van der Waals surface area (Å²) in [4.78, 5) is 0. The van der Waals surface area contributed by atoms with Crippen LogP contribution in [-0.2, 0) is 0 Å². The molecule has 1 fully saturated rings. The molecule has 1 saturated carbocycles. The molecule has 0 radical (unpaired) electrons. The van der Waals surface area contributed by atoms with Crippen molar-refractivity contribution in [2.75, 3.05) is 5.32 Å². The molecule has 2 rings (SSSR count). The third-order valence-corrected chi connectivity index (χ3v) is 3.49. The van der Waals surface area contributed by atoms with Crippen LogP contribution in [0.25, 0.3) is 0 Å². The molecule has 0 bridgehead atoms. The highest BCUT2D eigenvalue weighted by Crippen LogP contribution is 2.38. The van der Waals surface area contributed by atoms with E-state index < -0.39 is 0 Å². The minimum Gasteiger partial charge on any atom is -0.380 e. The lowest BCUT2D eigenvalue weighted by atomic mass is 9.92. The van der Waals surface area contributed by atoms with Gasteiger partial charge in [0, 0.05) is 11.1 Å². The molecule has 0 heterocycles. The average Bonchev–Trinajstić information content (AvgIpc) is 2.52. The molecule has 0 spiro atoms. The largest absolute Gasteiger partial charge is 0.380 e. The van der Waals surface area contributed by atoms with Crippen LogP contribution in [0.3, 0.4) is 0 Å². The summed E-state index contributed by atoms with van der Waals surface area (Å²) in [6.07, 6.45) is 3.37. The number of rotatable bonds is 2. The van der Waals surface area contributed by atoms with Gasteiger partial charge in [0.25, 0.3) is 0 Å². The smallest absolute Gasteiger partial charge is 0.146 e. The van der Waals surface area contributed by atoms with Gasteiger partial charge in [0.15, 0.2) is 0 Å². The maximum Gasteiger partial charge on any atom is 0.146 e. The van der Waals surface area contributed by atoms with Crippen molar-refractivity contribution >= 4 is 17.3 Å². The highest BCUT2D eigenvalue weighted by molar-refractivity contribution is 6.30. The van der Waals surface area contributed by atoms with Gasteiger partial charge in [-0.05, 0) is 42.9 Å². The Morgan fingerprint density at radius 2 is 2.19 bits per heavy atom. The molecule has 1 aromatic rings. The summed E-state index contributed by atoms with van der Waals surface area (Å²) in [6, 6.07) is 5.00. The molecule has 0 amide bonds. The van der Waals surface area contributed by atoms with E-state index in [2.05, 4.69) is 19.2 Å². The van der Waals surface area contributed by atoms with Crippen LogP contribution in [0.5, 0.6) is 0 Å². The lowest BCUT2D eigenvalue weighted by molar-refractivity contribution is 0.378. The van der Waals surface area contributed by atoms with Crippen molar-refractivity contribution in [2.24, 2.45) is 5.41 Å². The predicted octanol–water partition coefficient (Wildman–Crippen LogP) is 4.47. The average molecular weight is 242 g/mol. The Morgan fingerprint density at radius 1 is 1.44 bits per heavy atom. The predicted molar refractivity (Wildman–Crippen MR) is 66.5 cm³/mol. The van der Waals surface area contributed by atoms with Crippen LogP contribution in [0.4, 0.5) is 10.1 Å². The molecule has 1 nitrogen and oxygen atoms in total. The topological polar surface area (TPSA) is 12.0 Å². The molecule has 1 aliphatic carbocycles. The molecule has 0 aliphatic heterocycles. The third-order valence-electron chi connectivity index (χ3n) is 3.26.